The highest BCUT2D eigenvalue weighted by Crippen LogP contribution is 1.97. The highest BCUT2D eigenvalue weighted by Gasteiger charge is 2.26. The number of nitrogens with zero attached hydrogens (tertiary/aromatic N) is 1. The largest absolute Gasteiger partial charge is 0.624 e. The molecular weight excluding hydrogens is 110 g/mol. The topological polar surface area (TPSA) is 66.5 Å². The van der Waals surface area contributed by atoms with Crippen LogP contribution in [0.3, 0.4) is 0 Å². The Balaban J connectivity index is 2.56. The third-order valence-corrected chi connectivity index (χ3v) is 1.08. The number of hydrogen-bond acceptors (Lipinski definition) is 3. The number of hydroxylamine groups is 1. The molecule has 0 aromatic heterocycles. The van der Waals surface area contributed by atoms with E-state index in [1.807, 2.05) is 0 Å². The molecule has 2 atom stereocenters. The molecule has 0 radical (unpaired) electrons. The fourth-order valence-corrected chi connectivity index (χ4v) is 0.623. The van der Waals surface area contributed by atoms with Gasteiger partial charge in [0.25, 0.3) is 0 Å². The first-order valence-corrected chi connectivity index (χ1v) is 2.35. The molecule has 0 saturated carbocycles. The average Bonchev–Trinajstić information content (AvgIpc) is 1.85. The maximum Gasteiger partial charge on any atom is 0.182 e. The van der Waals surface area contributed by atoms with Gasteiger partial charge in [-0.3, -0.25) is 0 Å². The Morgan fingerprint density at radius 2 is 2.25 bits per heavy atom. The van der Waals surface area contributed by atoms with Gasteiger partial charge in [0.15, 0.2) is 18.9 Å². The molecular formula is C4H7NO3. The minimum atomic E-state index is -0.965. The van der Waals surface area contributed by atoms with E-state index in [2.05, 4.69) is 0 Å². The van der Waals surface area contributed by atoms with E-state index in [-0.39, 0.29) is 6.54 Å². The zero-order chi connectivity index (χ0) is 6.15. The lowest BCUT2D eigenvalue weighted by molar-refractivity contribution is -0.452. The van der Waals surface area contributed by atoms with Crippen molar-refractivity contribution < 1.29 is 15.0 Å². The van der Waals surface area contributed by atoms with Crippen molar-refractivity contribution in [2.24, 2.45) is 0 Å². The van der Waals surface area contributed by atoms with Gasteiger partial charge in [-0.25, -0.2) is 4.74 Å². The van der Waals surface area contributed by atoms with Crippen molar-refractivity contribution in [1.29, 1.82) is 0 Å². The minimum Gasteiger partial charge on any atom is -0.624 e. The molecule has 4 nitrogen and oxygen atoms in total. The van der Waals surface area contributed by atoms with Gasteiger partial charge >= 0.3 is 0 Å². The highest BCUT2D eigenvalue weighted by atomic mass is 16.5. The summed E-state index contributed by atoms with van der Waals surface area (Å²) in [5.74, 6) is 0. The molecule has 4 heteroatoms. The summed E-state index contributed by atoms with van der Waals surface area (Å²) in [6.45, 7) is -0.0127. The summed E-state index contributed by atoms with van der Waals surface area (Å²) in [4.78, 5) is 0. The molecule has 0 unspecified atom stereocenters. The van der Waals surface area contributed by atoms with Gasteiger partial charge < -0.3 is 15.4 Å². The monoisotopic (exact) mass is 117 g/mol. The number of aliphatic hydroxyl groups is 2. The van der Waals surface area contributed by atoms with Crippen LogP contribution in [0.5, 0.6) is 0 Å². The second-order valence-corrected chi connectivity index (χ2v) is 1.81. The van der Waals surface area contributed by atoms with E-state index in [1.165, 1.54) is 0 Å². The molecule has 2 N–H and O–H groups in total. The maximum atomic E-state index is 10.2. The quantitative estimate of drug-likeness (QED) is 0.293. The molecule has 46 valence electrons. The second-order valence-electron chi connectivity index (χ2n) is 1.81. The number of rotatable bonds is 0. The zero-order valence-corrected chi connectivity index (χ0v) is 4.19. The third-order valence-electron chi connectivity index (χ3n) is 1.08. The van der Waals surface area contributed by atoms with Crippen LogP contribution in [0.2, 0.25) is 0 Å². The van der Waals surface area contributed by atoms with Gasteiger partial charge in [-0.15, -0.1) is 0 Å². The smallest absolute Gasteiger partial charge is 0.182 e. The summed E-state index contributed by atoms with van der Waals surface area (Å²) in [5.41, 5.74) is 0. The Labute approximate surface area is 46.3 Å². The Morgan fingerprint density at radius 1 is 1.62 bits per heavy atom. The van der Waals surface area contributed by atoms with Gasteiger partial charge in [-0.1, -0.05) is 0 Å². The van der Waals surface area contributed by atoms with Crippen LogP contribution in [0.1, 0.15) is 0 Å². The van der Waals surface area contributed by atoms with E-state index in [0.717, 1.165) is 6.21 Å². The summed E-state index contributed by atoms with van der Waals surface area (Å²) in [7, 11) is 0. The fraction of sp³-hybridized carbons (Fsp3) is 0.750. The first-order chi connectivity index (χ1) is 3.70. The molecule has 8 heavy (non-hydrogen) atoms. The molecule has 1 rings (SSSR count). The van der Waals surface area contributed by atoms with Crippen molar-refractivity contribution >= 4 is 6.21 Å². The van der Waals surface area contributed by atoms with Crippen LogP contribution in [-0.2, 0) is 0 Å². The van der Waals surface area contributed by atoms with Gasteiger partial charge in [0.1, 0.15) is 6.10 Å². The molecule has 0 saturated heterocycles. The Kier molecular flexibility index (Phi) is 1.19. The van der Waals surface area contributed by atoms with E-state index >= 15 is 0 Å². The van der Waals surface area contributed by atoms with Gasteiger partial charge in [-0.2, -0.15) is 0 Å². The zero-order valence-electron chi connectivity index (χ0n) is 4.19. The number of hydrogen-bond donors (Lipinski definition) is 2. The molecule has 1 aliphatic heterocycles. The molecule has 0 fully saturated rings. The van der Waals surface area contributed by atoms with Crippen LogP contribution in [0, 0.1) is 5.21 Å². The number of aliphatic hydroxyl groups excluding tert-OH is 2. The molecule has 1 aliphatic rings. The van der Waals surface area contributed by atoms with Crippen LogP contribution < -0.4 is 0 Å². The first kappa shape index (κ1) is 5.53. The average molecular weight is 117 g/mol. The predicted octanol–water partition coefficient (Wildman–Crippen LogP) is -1.70. The lowest BCUT2D eigenvalue weighted by Gasteiger charge is -1.98. The SMILES string of the molecule is [O-][N+]1=C[C@@H](O)[C@@H](O)C1. The lowest BCUT2D eigenvalue weighted by atomic mass is 10.3. The normalized spacial score (nSPS) is 37.5. The fourth-order valence-electron chi connectivity index (χ4n) is 0.623. The van der Waals surface area contributed by atoms with E-state index < -0.39 is 12.2 Å². The molecule has 0 aromatic rings. The summed E-state index contributed by atoms with van der Waals surface area (Å²) in [5, 5.41) is 27.5. The van der Waals surface area contributed by atoms with Crippen LogP contribution in [0.15, 0.2) is 0 Å². The van der Waals surface area contributed by atoms with Gasteiger partial charge in [0.05, 0.1) is 0 Å². The number of β-amino-alcohol motifs (C(OH)–C–C–N with tert-alkyl or cyclic N) is 1. The van der Waals surface area contributed by atoms with Crippen molar-refractivity contribution in [1.82, 2.24) is 0 Å². The second kappa shape index (κ2) is 1.72. The van der Waals surface area contributed by atoms with Crippen LogP contribution in [0.4, 0.5) is 0 Å². The Hall–Kier alpha value is -0.610. The van der Waals surface area contributed by atoms with Crippen molar-refractivity contribution in [3.63, 3.8) is 0 Å². The van der Waals surface area contributed by atoms with Crippen molar-refractivity contribution in [3.05, 3.63) is 5.21 Å². The van der Waals surface area contributed by atoms with Gasteiger partial charge in [-0.05, 0) is 0 Å². The minimum absolute atomic E-state index is 0.0127. The van der Waals surface area contributed by atoms with Crippen molar-refractivity contribution in [2.75, 3.05) is 6.54 Å². The Morgan fingerprint density at radius 3 is 2.38 bits per heavy atom. The molecule has 0 aliphatic carbocycles. The third kappa shape index (κ3) is 0.801. The molecule has 1 heterocycles. The van der Waals surface area contributed by atoms with E-state index in [9.17, 15) is 5.21 Å². The first-order valence-electron chi connectivity index (χ1n) is 2.35. The van der Waals surface area contributed by atoms with Crippen molar-refractivity contribution in [2.45, 2.75) is 12.2 Å². The maximum absolute atomic E-state index is 10.2. The molecule has 0 spiro atoms. The predicted molar refractivity (Wildman–Crippen MR) is 26.6 cm³/mol. The van der Waals surface area contributed by atoms with Crippen molar-refractivity contribution in [3.8, 4) is 0 Å². The van der Waals surface area contributed by atoms with Gasteiger partial charge in [0, 0.05) is 0 Å². The molecule has 0 bridgehead atoms. The Bertz CT molecular complexity index is 122. The standard InChI is InChI=1S/C4H7NO3/c6-3-1-5(8)2-4(3)7/h1,3-4,6-7H,2H2/t3-,4+/m1/s1. The summed E-state index contributed by atoms with van der Waals surface area (Å²) in [6.07, 6.45) is -0.815. The summed E-state index contributed by atoms with van der Waals surface area (Å²) >= 11 is 0. The van der Waals surface area contributed by atoms with Gasteiger partial charge in [0.2, 0.25) is 0 Å². The van der Waals surface area contributed by atoms with E-state index in [4.69, 9.17) is 10.2 Å². The summed E-state index contributed by atoms with van der Waals surface area (Å²) in [6, 6.07) is 0. The van der Waals surface area contributed by atoms with Crippen LogP contribution in [-0.4, -0.2) is 39.9 Å². The van der Waals surface area contributed by atoms with E-state index in [1.54, 1.807) is 0 Å². The van der Waals surface area contributed by atoms with Crippen LogP contribution in [0.25, 0.3) is 0 Å². The van der Waals surface area contributed by atoms with E-state index in [0.29, 0.717) is 4.74 Å². The summed E-state index contributed by atoms with van der Waals surface area (Å²) < 4.78 is 0.523. The molecule has 0 amide bonds. The van der Waals surface area contributed by atoms with Crippen LogP contribution >= 0.6 is 0 Å². The highest BCUT2D eigenvalue weighted by molar-refractivity contribution is 5.59. The lowest BCUT2D eigenvalue weighted by Crippen LogP contribution is -2.23. The molecule has 0 aromatic carbocycles.